The third-order valence-electron chi connectivity index (χ3n) is 1.71. The van der Waals surface area contributed by atoms with Crippen molar-refractivity contribution in [2.24, 2.45) is 0 Å². The fraction of sp³-hybridized carbons (Fsp3) is 0.714. The van der Waals surface area contributed by atoms with Crippen LogP contribution in [0, 0.1) is 6.08 Å². The van der Waals surface area contributed by atoms with Gasteiger partial charge in [0.1, 0.15) is 0 Å². The van der Waals surface area contributed by atoms with Gasteiger partial charge in [0, 0.05) is 0 Å². The van der Waals surface area contributed by atoms with Crippen molar-refractivity contribution in [3.8, 4) is 0 Å². The maximum absolute atomic E-state index is 11.8. The molecule has 0 saturated heterocycles. The van der Waals surface area contributed by atoms with Crippen molar-refractivity contribution in [1.82, 2.24) is 0 Å². The van der Waals surface area contributed by atoms with Crippen molar-refractivity contribution in [2.45, 2.75) is 46.5 Å². The molecular weight excluding hydrogens is 412 g/mol. The molecule has 0 aliphatic heterocycles. The zero-order valence-electron chi connectivity index (χ0n) is 13.4. The average molecular weight is 441 g/mol. The molecular formula is C14H29F2GeN3Zr. The van der Waals surface area contributed by atoms with Gasteiger partial charge in [-0.05, 0) is 0 Å². The zero-order valence-corrected chi connectivity index (χ0v) is 18.3. The standard InChI is InChI=1S/C5H5F2Ge.3C3H8N.Zr/c6-8(7)5-3-1-2-4-5;3*1-2-3-4;/h1,3,8H,2H2;3*4H,2-3H2,1H3;/q4*-1;+4. The normalized spacial score (nSPS) is 11.0. The zero-order chi connectivity index (χ0) is 16.2. The molecule has 0 atom stereocenters. The Kier molecular flexibility index (Phi) is 40.6. The first-order chi connectivity index (χ1) is 9.55. The van der Waals surface area contributed by atoms with Gasteiger partial charge in [-0.2, -0.15) is 19.6 Å². The van der Waals surface area contributed by atoms with E-state index in [2.05, 4.69) is 6.08 Å². The van der Waals surface area contributed by atoms with Crippen molar-refractivity contribution in [3.05, 3.63) is 39.8 Å². The summed E-state index contributed by atoms with van der Waals surface area (Å²) in [5.74, 6) is 0. The monoisotopic (exact) mass is 441 g/mol. The summed E-state index contributed by atoms with van der Waals surface area (Å²) in [5.41, 5.74) is 19.4. The number of rotatable bonds is 4. The van der Waals surface area contributed by atoms with Gasteiger partial charge in [0.15, 0.2) is 0 Å². The second-order valence-electron chi connectivity index (χ2n) is 3.79. The fourth-order valence-electron chi connectivity index (χ4n) is 0.571. The molecule has 0 bridgehead atoms. The van der Waals surface area contributed by atoms with Crippen LogP contribution in [0.15, 0.2) is 16.6 Å². The van der Waals surface area contributed by atoms with Crippen LogP contribution in [0.25, 0.3) is 17.2 Å². The van der Waals surface area contributed by atoms with Gasteiger partial charge in [-0.25, -0.2) is 0 Å². The molecule has 0 aromatic carbocycles. The first-order valence-corrected chi connectivity index (χ1v) is 10.1. The van der Waals surface area contributed by atoms with Crippen LogP contribution < -0.4 is 0 Å². The number of halogens is 2. The Bertz CT molecular complexity index is 213. The predicted octanol–water partition coefficient (Wildman–Crippen LogP) is 5.72. The molecule has 0 saturated carbocycles. The van der Waals surface area contributed by atoms with Gasteiger partial charge < -0.3 is 17.2 Å². The third-order valence-corrected chi connectivity index (χ3v) is 3.53. The Morgan fingerprint density at radius 3 is 1.43 bits per heavy atom. The summed E-state index contributed by atoms with van der Waals surface area (Å²) in [7, 11) is 0. The van der Waals surface area contributed by atoms with Crippen LogP contribution in [-0.2, 0) is 26.2 Å². The van der Waals surface area contributed by atoms with Crippen LogP contribution in [0.5, 0.6) is 0 Å². The first kappa shape index (κ1) is 29.6. The SMILES string of the molecule is CCC[NH-].CCC[NH-].CCC[NH-].[F][GeH]([F])[C]1=[C-]CC=C1.[Zr+4]. The number of hydrogen-bond acceptors (Lipinski definition) is 0. The molecule has 7 heteroatoms. The van der Waals surface area contributed by atoms with Crippen LogP contribution in [0.3, 0.4) is 0 Å². The van der Waals surface area contributed by atoms with Crippen LogP contribution in [0.4, 0.5) is 7.00 Å². The van der Waals surface area contributed by atoms with Crippen molar-refractivity contribution >= 4 is 15.3 Å². The van der Waals surface area contributed by atoms with Gasteiger partial charge in [-0.15, -0.1) is 0 Å². The minimum Gasteiger partial charge on any atom is 4.00 e. The van der Waals surface area contributed by atoms with E-state index in [-0.39, 0.29) is 30.6 Å². The average Bonchev–Trinajstić information content (AvgIpc) is 3.02. The van der Waals surface area contributed by atoms with Crippen LogP contribution in [0.1, 0.15) is 46.5 Å². The largest absolute Gasteiger partial charge is 4.00 e. The number of hydrogen-bond donors (Lipinski definition) is 0. The molecule has 0 aromatic heterocycles. The first-order valence-electron chi connectivity index (χ1n) is 7.04. The maximum atomic E-state index is 11.8. The molecule has 1 aliphatic rings. The van der Waals surface area contributed by atoms with Gasteiger partial charge in [-0.1, -0.05) is 40.0 Å². The Balaban J connectivity index is -0.0000000973. The summed E-state index contributed by atoms with van der Waals surface area (Å²) in [4.78, 5) is 0. The quantitative estimate of drug-likeness (QED) is 0.396. The van der Waals surface area contributed by atoms with Gasteiger partial charge in [0.2, 0.25) is 0 Å². The summed E-state index contributed by atoms with van der Waals surface area (Å²) in [6.45, 7) is 7.69. The second kappa shape index (κ2) is 28.8. The summed E-state index contributed by atoms with van der Waals surface area (Å²) in [6, 6.07) is 0. The van der Waals surface area contributed by atoms with Crippen molar-refractivity contribution in [3.63, 3.8) is 0 Å². The Morgan fingerprint density at radius 1 is 1.00 bits per heavy atom. The van der Waals surface area contributed by atoms with E-state index in [1.165, 1.54) is 6.08 Å². The van der Waals surface area contributed by atoms with Crippen molar-refractivity contribution < 1.29 is 33.2 Å². The van der Waals surface area contributed by atoms with Gasteiger partial charge in [0.05, 0.1) is 0 Å². The summed E-state index contributed by atoms with van der Waals surface area (Å²) >= 11 is -3.91. The minimum absolute atomic E-state index is 0. The topological polar surface area (TPSA) is 71.4 Å². The molecule has 21 heavy (non-hydrogen) atoms. The molecule has 122 valence electrons. The van der Waals surface area contributed by atoms with E-state index in [1.807, 2.05) is 20.8 Å². The van der Waals surface area contributed by atoms with Crippen molar-refractivity contribution in [1.29, 1.82) is 0 Å². The predicted molar refractivity (Wildman–Crippen MR) is 88.3 cm³/mol. The molecule has 3 nitrogen and oxygen atoms in total. The van der Waals surface area contributed by atoms with E-state index in [0.29, 0.717) is 26.1 Å². The molecule has 1 aliphatic carbocycles. The molecule has 0 spiro atoms. The minimum atomic E-state index is -3.91. The van der Waals surface area contributed by atoms with Crippen LogP contribution in [-0.4, -0.2) is 34.9 Å². The summed E-state index contributed by atoms with van der Waals surface area (Å²) in [6.07, 6.45) is 9.35. The molecule has 0 amide bonds. The second-order valence-corrected chi connectivity index (χ2v) is 6.36. The van der Waals surface area contributed by atoms with E-state index < -0.39 is 15.3 Å². The van der Waals surface area contributed by atoms with Crippen LogP contribution in [0.2, 0.25) is 0 Å². The van der Waals surface area contributed by atoms with E-state index in [4.69, 9.17) is 17.2 Å². The van der Waals surface area contributed by atoms with E-state index in [9.17, 15) is 7.00 Å². The van der Waals surface area contributed by atoms with Gasteiger partial charge in [0.25, 0.3) is 0 Å². The van der Waals surface area contributed by atoms with E-state index in [0.717, 1.165) is 19.3 Å². The molecule has 0 aromatic rings. The summed E-state index contributed by atoms with van der Waals surface area (Å²) in [5, 5.41) is 0. The summed E-state index contributed by atoms with van der Waals surface area (Å²) < 4.78 is 23.8. The Hall–Kier alpha value is 0.646. The molecule has 1 rings (SSSR count). The van der Waals surface area contributed by atoms with Gasteiger partial charge >= 0.3 is 77.5 Å². The van der Waals surface area contributed by atoms with E-state index in [1.54, 1.807) is 6.08 Å². The molecule has 0 fully saturated rings. The Labute approximate surface area is 154 Å². The molecule has 0 unspecified atom stereocenters. The van der Waals surface area contributed by atoms with Gasteiger partial charge in [-0.3, -0.25) is 0 Å². The fourth-order valence-corrected chi connectivity index (χ4v) is 1.73. The third kappa shape index (κ3) is 33.5. The van der Waals surface area contributed by atoms with Crippen molar-refractivity contribution in [2.75, 3.05) is 19.6 Å². The van der Waals surface area contributed by atoms with E-state index >= 15 is 0 Å². The molecule has 0 heterocycles. The number of allylic oxidation sites excluding steroid dienone is 4. The maximum Gasteiger partial charge on any atom is 4.00 e. The molecule has 3 N–H and O–H groups in total. The van der Waals surface area contributed by atoms with Crippen LogP contribution >= 0.6 is 0 Å². The molecule has 0 radical (unpaired) electrons. The Morgan fingerprint density at radius 2 is 1.33 bits per heavy atom. The number of nitrogens with one attached hydrogen (secondary N) is 3. The smallest absolute Gasteiger partial charge is 4.00 e.